The van der Waals surface area contributed by atoms with E-state index in [2.05, 4.69) is 106 Å². The normalized spacial score (nSPS) is 28.3. The van der Waals surface area contributed by atoms with Crippen molar-refractivity contribution in [3.05, 3.63) is 47.6 Å². The number of hydrogen-bond acceptors (Lipinski definition) is 3. The summed E-state index contributed by atoms with van der Waals surface area (Å²) < 4.78 is 14.1. The molecule has 0 amide bonds. The Morgan fingerprint density at radius 1 is 0.955 bits per heavy atom. The molecule has 1 N–H and O–H groups in total. The van der Waals surface area contributed by atoms with Crippen molar-refractivity contribution in [1.82, 2.24) is 0 Å². The van der Waals surface area contributed by atoms with Crippen molar-refractivity contribution in [2.75, 3.05) is 0 Å². The van der Waals surface area contributed by atoms with Crippen molar-refractivity contribution in [2.24, 2.45) is 17.3 Å². The van der Waals surface area contributed by atoms with Gasteiger partial charge < -0.3 is 14.0 Å². The van der Waals surface area contributed by atoms with E-state index in [0.717, 1.165) is 19.3 Å². The Bertz CT molecular complexity index is 1060. The average molecular weight is 643 g/mol. The lowest BCUT2D eigenvalue weighted by molar-refractivity contribution is 0.0969. The van der Waals surface area contributed by atoms with Gasteiger partial charge in [0.05, 0.1) is 18.3 Å². The van der Waals surface area contributed by atoms with Gasteiger partial charge in [-0.25, -0.2) is 0 Å². The highest BCUT2D eigenvalue weighted by Gasteiger charge is 2.44. The number of aliphatic hydroxyl groups is 1. The molecular weight excluding hydrogens is 573 g/mol. The predicted molar refractivity (Wildman–Crippen MR) is 196 cm³/mol. The third-order valence-corrected chi connectivity index (χ3v) is 21.0. The zero-order valence-electron chi connectivity index (χ0n) is 30.9. The highest BCUT2D eigenvalue weighted by molar-refractivity contribution is 6.74. The monoisotopic (exact) mass is 642 g/mol. The number of unbranched alkanes of at least 4 members (excludes halogenated alkanes) is 2. The molecule has 44 heavy (non-hydrogen) atoms. The SMILES string of the molecule is C=C1/C(=C/C=C2\CCCC(C)(C)[C@H]2CCCC/C=C/[C@@H](O)C2CC2)C[C@@H](O[Si](C)(C)C(C)(C)C)C[C@@H]1O[Si](C)(C)C(C)(C)C. The summed E-state index contributed by atoms with van der Waals surface area (Å²) in [6.07, 6.45) is 21.9. The van der Waals surface area contributed by atoms with Crippen LogP contribution in [-0.4, -0.2) is 40.1 Å². The molecule has 0 aromatic rings. The van der Waals surface area contributed by atoms with Crippen molar-refractivity contribution in [3.8, 4) is 0 Å². The number of hydrogen-bond donors (Lipinski definition) is 1. The number of rotatable bonds is 12. The van der Waals surface area contributed by atoms with Gasteiger partial charge in [0, 0.05) is 6.42 Å². The zero-order chi connectivity index (χ0) is 33.1. The third-order valence-electron chi connectivity index (χ3n) is 12.0. The van der Waals surface area contributed by atoms with Crippen LogP contribution in [0.4, 0.5) is 0 Å². The van der Waals surface area contributed by atoms with Crippen molar-refractivity contribution in [2.45, 2.75) is 181 Å². The van der Waals surface area contributed by atoms with Gasteiger partial charge in [-0.1, -0.05) is 98.3 Å². The Hall–Kier alpha value is -0.726. The fourth-order valence-electron chi connectivity index (χ4n) is 6.58. The van der Waals surface area contributed by atoms with Crippen LogP contribution in [0, 0.1) is 17.3 Å². The third kappa shape index (κ3) is 10.1. The van der Waals surface area contributed by atoms with Crippen LogP contribution in [0.1, 0.15) is 126 Å². The summed E-state index contributed by atoms with van der Waals surface area (Å²) in [6.45, 7) is 33.1. The molecule has 3 saturated carbocycles. The minimum absolute atomic E-state index is 0.0224. The molecule has 3 aliphatic rings. The second-order valence-electron chi connectivity index (χ2n) is 18.2. The molecular formula is C39H70O3Si2. The molecule has 0 radical (unpaired) electrons. The van der Waals surface area contributed by atoms with E-state index in [0.29, 0.717) is 17.3 Å². The molecule has 0 unspecified atom stereocenters. The van der Waals surface area contributed by atoms with Gasteiger partial charge in [0.1, 0.15) is 0 Å². The largest absolute Gasteiger partial charge is 0.413 e. The molecule has 252 valence electrons. The topological polar surface area (TPSA) is 38.7 Å². The first-order valence-electron chi connectivity index (χ1n) is 17.9. The maximum Gasteiger partial charge on any atom is 0.192 e. The van der Waals surface area contributed by atoms with Crippen LogP contribution in [0.15, 0.2) is 47.6 Å². The van der Waals surface area contributed by atoms with Crippen LogP contribution >= 0.6 is 0 Å². The highest BCUT2D eigenvalue weighted by Crippen LogP contribution is 2.47. The van der Waals surface area contributed by atoms with Crippen molar-refractivity contribution in [1.29, 1.82) is 0 Å². The van der Waals surface area contributed by atoms with Gasteiger partial charge >= 0.3 is 0 Å². The molecule has 3 nitrogen and oxygen atoms in total. The summed E-state index contributed by atoms with van der Waals surface area (Å²) in [5.41, 5.74) is 4.45. The molecule has 0 aromatic carbocycles. The molecule has 0 heterocycles. The standard InChI is InChI=1S/C39H70O3Si2/c1-29-32(27-33(41-43(10,11)37(2,3)4)28-36(29)42-44(12,13)38(5,6)7)25-22-30-19-18-26-39(8,9)34(30)20-16-14-15-17-21-35(40)31-23-24-31/h17,21-22,25,31,33-36,40H,1,14-16,18-20,23-24,26-28H2,2-13H3/b21-17+,30-22+,32-25+/t33-,34+,35-,36+/m1/s1. The zero-order valence-corrected chi connectivity index (χ0v) is 32.9. The second-order valence-corrected chi connectivity index (χ2v) is 27.7. The first kappa shape index (κ1) is 37.7. The summed E-state index contributed by atoms with van der Waals surface area (Å²) >= 11 is 0. The predicted octanol–water partition coefficient (Wildman–Crippen LogP) is 11.7. The van der Waals surface area contributed by atoms with E-state index in [1.54, 1.807) is 5.57 Å². The minimum Gasteiger partial charge on any atom is -0.413 e. The summed E-state index contributed by atoms with van der Waals surface area (Å²) in [6, 6.07) is 0. The van der Waals surface area contributed by atoms with E-state index in [9.17, 15) is 5.11 Å². The molecule has 3 rings (SSSR count). The molecule has 4 atom stereocenters. The molecule has 3 aliphatic carbocycles. The second kappa shape index (κ2) is 14.6. The van der Waals surface area contributed by atoms with E-state index in [1.165, 1.54) is 62.5 Å². The van der Waals surface area contributed by atoms with Crippen LogP contribution in [0.5, 0.6) is 0 Å². The van der Waals surface area contributed by atoms with E-state index < -0.39 is 16.6 Å². The maximum atomic E-state index is 10.1. The molecule has 0 saturated heterocycles. The van der Waals surface area contributed by atoms with E-state index in [4.69, 9.17) is 8.85 Å². The van der Waals surface area contributed by atoms with E-state index in [1.807, 2.05) is 6.08 Å². The number of aliphatic hydroxyl groups excluding tert-OH is 1. The lowest BCUT2D eigenvalue weighted by atomic mass is 9.64. The Balaban J connectivity index is 1.80. The van der Waals surface area contributed by atoms with E-state index >= 15 is 0 Å². The van der Waals surface area contributed by atoms with Gasteiger partial charge in [-0.15, -0.1) is 0 Å². The Morgan fingerprint density at radius 3 is 2.16 bits per heavy atom. The average Bonchev–Trinajstić information content (AvgIpc) is 3.71. The van der Waals surface area contributed by atoms with Gasteiger partial charge in [-0.05, 0) is 122 Å². The van der Waals surface area contributed by atoms with Crippen LogP contribution in [0.2, 0.25) is 36.3 Å². The van der Waals surface area contributed by atoms with Crippen LogP contribution in [-0.2, 0) is 8.85 Å². The first-order chi connectivity index (χ1) is 20.1. The van der Waals surface area contributed by atoms with Gasteiger partial charge in [0.15, 0.2) is 16.6 Å². The molecule has 0 spiro atoms. The quantitative estimate of drug-likeness (QED) is 0.131. The van der Waals surface area contributed by atoms with Gasteiger partial charge in [0.2, 0.25) is 0 Å². The molecule has 0 aromatic heterocycles. The molecule has 3 fully saturated rings. The van der Waals surface area contributed by atoms with Crippen LogP contribution < -0.4 is 0 Å². The van der Waals surface area contributed by atoms with Crippen molar-refractivity contribution < 1.29 is 14.0 Å². The Kier molecular flexibility index (Phi) is 12.5. The lowest BCUT2D eigenvalue weighted by Gasteiger charge is -2.45. The minimum atomic E-state index is -1.97. The fourth-order valence-corrected chi connectivity index (χ4v) is 9.25. The molecule has 5 heteroatoms. The van der Waals surface area contributed by atoms with E-state index in [-0.39, 0.29) is 28.4 Å². The maximum absolute atomic E-state index is 10.1. The Morgan fingerprint density at radius 2 is 1.57 bits per heavy atom. The van der Waals surface area contributed by atoms with Crippen LogP contribution in [0.3, 0.4) is 0 Å². The van der Waals surface area contributed by atoms with Crippen molar-refractivity contribution in [3.63, 3.8) is 0 Å². The first-order valence-corrected chi connectivity index (χ1v) is 23.8. The van der Waals surface area contributed by atoms with Gasteiger partial charge in [0.25, 0.3) is 0 Å². The number of allylic oxidation sites excluding steroid dienone is 4. The fraction of sp³-hybridized carbons (Fsp3) is 0.795. The summed E-state index contributed by atoms with van der Waals surface area (Å²) in [5, 5.41) is 10.5. The van der Waals surface area contributed by atoms with Gasteiger partial charge in [-0.3, -0.25) is 0 Å². The smallest absolute Gasteiger partial charge is 0.192 e. The van der Waals surface area contributed by atoms with Crippen molar-refractivity contribution >= 4 is 16.6 Å². The van der Waals surface area contributed by atoms with Crippen LogP contribution in [0.25, 0.3) is 0 Å². The highest BCUT2D eigenvalue weighted by atomic mass is 28.4. The summed E-state index contributed by atoms with van der Waals surface area (Å²) in [5.74, 6) is 1.14. The van der Waals surface area contributed by atoms with Gasteiger partial charge in [-0.2, -0.15) is 0 Å². The lowest BCUT2D eigenvalue weighted by Crippen LogP contribution is -2.49. The molecule has 0 bridgehead atoms. The Labute approximate surface area is 275 Å². The summed E-state index contributed by atoms with van der Waals surface area (Å²) in [4.78, 5) is 0. The summed E-state index contributed by atoms with van der Waals surface area (Å²) in [7, 11) is -3.90. The molecule has 0 aliphatic heterocycles.